The molecule has 0 aliphatic rings. The quantitative estimate of drug-likeness (QED) is 0.273. The maximum atomic E-state index is 13.3. The van der Waals surface area contributed by atoms with Crippen LogP contribution in [0.5, 0.6) is 11.6 Å². The summed E-state index contributed by atoms with van der Waals surface area (Å²) in [6.45, 7) is 1.96. The third-order valence-corrected chi connectivity index (χ3v) is 4.68. The number of benzene rings is 2. The molecule has 1 heterocycles. The molecule has 3 aromatic rings. The molecule has 0 spiro atoms. The van der Waals surface area contributed by atoms with Crippen molar-refractivity contribution in [3.63, 3.8) is 0 Å². The average molecular weight is 408 g/mol. The van der Waals surface area contributed by atoms with E-state index in [4.69, 9.17) is 4.74 Å². The minimum Gasteiger partial charge on any atom is -0.439 e. The first-order valence-corrected chi connectivity index (χ1v) is 9.42. The molecule has 3 nitrogen and oxygen atoms in total. The Kier molecular flexibility index (Phi) is 6.18. The smallest absolute Gasteiger partial charge is 0.433 e. The number of hydrogen-bond acceptors (Lipinski definition) is 4. The summed E-state index contributed by atoms with van der Waals surface area (Å²) in [6, 6.07) is 13.6. The molecule has 0 aliphatic heterocycles. The van der Waals surface area contributed by atoms with E-state index in [-0.39, 0.29) is 16.8 Å². The van der Waals surface area contributed by atoms with Crippen LogP contribution in [0.4, 0.5) is 17.6 Å². The highest BCUT2D eigenvalue weighted by Crippen LogP contribution is 2.33. The number of halogens is 4. The third-order valence-electron chi connectivity index (χ3n) is 3.76. The number of nitrogens with zero attached hydrogens (tertiary/aromatic N) is 2. The number of thioether (sulfide) groups is 1. The number of aryl methyl sites for hydroxylation is 1. The number of aromatic nitrogens is 2. The van der Waals surface area contributed by atoms with Crippen LogP contribution in [-0.2, 0) is 18.3 Å². The summed E-state index contributed by atoms with van der Waals surface area (Å²) in [6.07, 6.45) is -3.87. The van der Waals surface area contributed by atoms with Gasteiger partial charge >= 0.3 is 6.18 Å². The van der Waals surface area contributed by atoms with Crippen LogP contribution in [0.1, 0.15) is 23.7 Å². The van der Waals surface area contributed by atoms with E-state index in [0.717, 1.165) is 29.8 Å². The molecule has 0 N–H and O–H groups in total. The van der Waals surface area contributed by atoms with Gasteiger partial charge in [-0.15, -0.1) is 0 Å². The minimum absolute atomic E-state index is 0.0965. The van der Waals surface area contributed by atoms with Crippen LogP contribution in [-0.4, -0.2) is 9.97 Å². The summed E-state index contributed by atoms with van der Waals surface area (Å²) in [7, 11) is 0. The zero-order valence-corrected chi connectivity index (χ0v) is 15.6. The van der Waals surface area contributed by atoms with Gasteiger partial charge < -0.3 is 4.74 Å². The number of alkyl halides is 3. The molecule has 2 aromatic carbocycles. The van der Waals surface area contributed by atoms with Crippen molar-refractivity contribution in [3.05, 3.63) is 77.2 Å². The Labute approximate surface area is 163 Å². The number of hydrogen-bond donors (Lipinski definition) is 0. The molecule has 0 aliphatic carbocycles. The molecular weight excluding hydrogens is 392 g/mol. The predicted octanol–water partition coefficient (Wildman–Crippen LogP) is 6.28. The largest absolute Gasteiger partial charge is 0.439 e. The van der Waals surface area contributed by atoms with Crippen molar-refractivity contribution in [3.8, 4) is 11.6 Å². The molecule has 0 atom stereocenters. The molecule has 0 saturated carbocycles. The van der Waals surface area contributed by atoms with Gasteiger partial charge in [-0.2, -0.15) is 18.2 Å². The molecule has 3 rings (SSSR count). The summed E-state index contributed by atoms with van der Waals surface area (Å²) in [5, 5.41) is -0.0965. The molecule has 0 amide bonds. The average Bonchev–Trinajstić information content (AvgIpc) is 2.66. The molecular formula is C20H16F4N2OS. The van der Waals surface area contributed by atoms with Crippen molar-refractivity contribution in [1.82, 2.24) is 9.97 Å². The second-order valence-electron chi connectivity index (χ2n) is 5.89. The maximum Gasteiger partial charge on any atom is 0.433 e. The summed E-state index contributed by atoms with van der Waals surface area (Å²) in [5.74, 6) is 0.0107. The van der Waals surface area contributed by atoms with Crippen LogP contribution in [0, 0.1) is 5.82 Å². The Morgan fingerprint density at radius 2 is 1.71 bits per heavy atom. The van der Waals surface area contributed by atoms with Crippen molar-refractivity contribution < 1.29 is 22.3 Å². The van der Waals surface area contributed by atoms with Gasteiger partial charge in [-0.1, -0.05) is 43.0 Å². The summed E-state index contributed by atoms with van der Waals surface area (Å²) in [5.41, 5.74) is 0.512. The second kappa shape index (κ2) is 8.60. The molecule has 0 saturated heterocycles. The van der Waals surface area contributed by atoms with Gasteiger partial charge in [0.1, 0.15) is 11.6 Å². The fraction of sp³-hybridized carbons (Fsp3) is 0.200. The first-order chi connectivity index (χ1) is 13.3. The Morgan fingerprint density at radius 3 is 2.43 bits per heavy atom. The van der Waals surface area contributed by atoms with Gasteiger partial charge in [-0.3, -0.25) is 0 Å². The van der Waals surface area contributed by atoms with Gasteiger partial charge in [0.2, 0.25) is 5.88 Å². The highest BCUT2D eigenvalue weighted by molar-refractivity contribution is 7.98. The first-order valence-electron chi connectivity index (χ1n) is 8.44. The van der Waals surface area contributed by atoms with Crippen LogP contribution < -0.4 is 4.74 Å². The van der Waals surface area contributed by atoms with E-state index in [0.29, 0.717) is 11.3 Å². The normalized spacial score (nSPS) is 11.5. The SMILES string of the molecule is CCc1cccc(Oc2cc(C(F)(F)F)nc(SCc3cccc(F)c3)n2)c1. The fourth-order valence-electron chi connectivity index (χ4n) is 2.39. The van der Waals surface area contributed by atoms with Crippen LogP contribution in [0.25, 0.3) is 0 Å². The fourth-order valence-corrected chi connectivity index (χ4v) is 3.18. The van der Waals surface area contributed by atoms with Crippen LogP contribution in [0.3, 0.4) is 0 Å². The Bertz CT molecular complexity index is 963. The van der Waals surface area contributed by atoms with Crippen molar-refractivity contribution in [2.45, 2.75) is 30.4 Å². The zero-order chi connectivity index (χ0) is 20.1. The van der Waals surface area contributed by atoms with Gasteiger partial charge in [0.15, 0.2) is 10.9 Å². The molecule has 0 bridgehead atoms. The minimum atomic E-state index is -4.64. The highest BCUT2D eigenvalue weighted by atomic mass is 32.2. The van der Waals surface area contributed by atoms with E-state index >= 15 is 0 Å². The third kappa shape index (κ3) is 5.45. The Morgan fingerprint density at radius 1 is 0.964 bits per heavy atom. The van der Waals surface area contributed by atoms with E-state index in [2.05, 4.69) is 9.97 Å². The molecule has 1 aromatic heterocycles. The van der Waals surface area contributed by atoms with Crippen LogP contribution in [0.15, 0.2) is 59.8 Å². The molecule has 146 valence electrons. The number of rotatable bonds is 6. The van der Waals surface area contributed by atoms with Crippen LogP contribution in [0.2, 0.25) is 0 Å². The standard InChI is InChI=1S/C20H16F4N2OS/c1-2-13-5-4-8-16(10-13)27-18-11-17(20(22,23)24)25-19(26-18)28-12-14-6-3-7-15(21)9-14/h3-11H,2,12H2,1H3. The van der Waals surface area contributed by atoms with Gasteiger partial charge in [-0.25, -0.2) is 9.37 Å². The lowest BCUT2D eigenvalue weighted by Gasteiger charge is -2.11. The molecule has 8 heteroatoms. The summed E-state index contributed by atoms with van der Waals surface area (Å²) < 4.78 is 58.5. The van der Waals surface area contributed by atoms with E-state index in [1.54, 1.807) is 24.3 Å². The van der Waals surface area contributed by atoms with Crippen molar-refractivity contribution in [2.24, 2.45) is 0 Å². The van der Waals surface area contributed by atoms with E-state index in [1.807, 2.05) is 13.0 Å². The van der Waals surface area contributed by atoms with Crippen molar-refractivity contribution in [2.75, 3.05) is 0 Å². The zero-order valence-electron chi connectivity index (χ0n) is 14.8. The molecule has 0 fully saturated rings. The molecule has 0 radical (unpaired) electrons. The lowest BCUT2D eigenvalue weighted by molar-refractivity contribution is -0.141. The van der Waals surface area contributed by atoms with Gasteiger partial charge in [0.05, 0.1) is 0 Å². The first kappa shape index (κ1) is 20.1. The lowest BCUT2D eigenvalue weighted by atomic mass is 10.2. The topological polar surface area (TPSA) is 35.0 Å². The van der Waals surface area contributed by atoms with E-state index in [1.165, 1.54) is 18.2 Å². The van der Waals surface area contributed by atoms with Crippen LogP contribution >= 0.6 is 11.8 Å². The van der Waals surface area contributed by atoms with E-state index in [9.17, 15) is 17.6 Å². The number of ether oxygens (including phenoxy) is 1. The second-order valence-corrected chi connectivity index (χ2v) is 6.84. The summed E-state index contributed by atoms with van der Waals surface area (Å²) in [4.78, 5) is 7.64. The molecule has 28 heavy (non-hydrogen) atoms. The lowest BCUT2D eigenvalue weighted by Crippen LogP contribution is -2.10. The van der Waals surface area contributed by atoms with Gasteiger partial charge in [0, 0.05) is 11.8 Å². The highest BCUT2D eigenvalue weighted by Gasteiger charge is 2.34. The monoisotopic (exact) mass is 408 g/mol. The maximum absolute atomic E-state index is 13.3. The Balaban J connectivity index is 1.86. The Hall–Kier alpha value is -2.61. The molecule has 0 unspecified atom stereocenters. The van der Waals surface area contributed by atoms with Crippen molar-refractivity contribution in [1.29, 1.82) is 0 Å². The summed E-state index contributed by atoms with van der Waals surface area (Å²) >= 11 is 0.976. The van der Waals surface area contributed by atoms with Gasteiger partial charge in [0.25, 0.3) is 0 Å². The van der Waals surface area contributed by atoms with E-state index < -0.39 is 17.7 Å². The predicted molar refractivity (Wildman–Crippen MR) is 98.9 cm³/mol. The van der Waals surface area contributed by atoms with Gasteiger partial charge in [-0.05, 0) is 41.8 Å². The van der Waals surface area contributed by atoms with Crippen molar-refractivity contribution >= 4 is 11.8 Å².